The van der Waals surface area contributed by atoms with E-state index >= 15 is 0 Å². The molecule has 1 aliphatic heterocycles. The molecule has 0 unspecified atom stereocenters. The van der Waals surface area contributed by atoms with Gasteiger partial charge in [0.1, 0.15) is 29.6 Å². The van der Waals surface area contributed by atoms with E-state index in [2.05, 4.69) is 16.8 Å². The maximum Gasteiger partial charge on any atom is 0.213 e. The summed E-state index contributed by atoms with van der Waals surface area (Å²) in [6, 6.07) is 14.7. The third-order valence-corrected chi connectivity index (χ3v) is 6.60. The summed E-state index contributed by atoms with van der Waals surface area (Å²) in [4.78, 5) is 16.0. The fourth-order valence-corrected chi connectivity index (χ4v) is 4.78. The maximum atomic E-state index is 15.0. The number of carbonyl (C=O) groups is 1. The zero-order valence-corrected chi connectivity index (χ0v) is 20.4. The Morgan fingerprint density at radius 3 is 2.58 bits per heavy atom. The second kappa shape index (κ2) is 10.5. The van der Waals surface area contributed by atoms with Gasteiger partial charge in [0.05, 0.1) is 19.1 Å². The predicted molar refractivity (Wildman–Crippen MR) is 134 cm³/mol. The van der Waals surface area contributed by atoms with Crippen molar-refractivity contribution >= 4 is 5.78 Å². The molecule has 2 aromatic carbocycles. The van der Waals surface area contributed by atoms with Gasteiger partial charge in [-0.15, -0.1) is 5.92 Å². The minimum atomic E-state index is -0.372. The van der Waals surface area contributed by atoms with Gasteiger partial charge in [-0.05, 0) is 67.6 Å². The van der Waals surface area contributed by atoms with Crippen LogP contribution in [0.1, 0.15) is 55.4 Å². The summed E-state index contributed by atoms with van der Waals surface area (Å²) >= 11 is 0. The number of carbonyl (C=O) groups excluding carboxylic acids is 1. The third kappa shape index (κ3) is 5.12. The third-order valence-electron chi connectivity index (χ3n) is 6.60. The van der Waals surface area contributed by atoms with E-state index in [9.17, 15) is 9.18 Å². The summed E-state index contributed by atoms with van der Waals surface area (Å²) < 4.78 is 32.1. The van der Waals surface area contributed by atoms with Gasteiger partial charge >= 0.3 is 0 Å². The van der Waals surface area contributed by atoms with Crippen LogP contribution >= 0.6 is 0 Å². The molecule has 3 aromatic rings. The molecule has 5 rings (SSSR count). The van der Waals surface area contributed by atoms with E-state index in [1.54, 1.807) is 20.0 Å². The van der Waals surface area contributed by atoms with Crippen LogP contribution in [0.3, 0.4) is 0 Å². The Balaban J connectivity index is 1.33. The first-order valence-electron chi connectivity index (χ1n) is 12.2. The van der Waals surface area contributed by atoms with Crippen LogP contribution in [0.2, 0.25) is 0 Å². The topological polar surface area (TPSA) is 57.7 Å². The van der Waals surface area contributed by atoms with Crippen molar-refractivity contribution in [2.24, 2.45) is 0 Å². The zero-order chi connectivity index (χ0) is 25.1. The summed E-state index contributed by atoms with van der Waals surface area (Å²) in [6.45, 7) is 4.52. The number of Topliss-reactive ketones (excluding diaryl/α,β-unsaturated/α-hetero) is 1. The first-order valence-corrected chi connectivity index (χ1v) is 12.2. The van der Waals surface area contributed by atoms with E-state index in [1.807, 2.05) is 42.5 Å². The molecule has 2 heterocycles. The average molecular weight is 486 g/mol. The van der Waals surface area contributed by atoms with E-state index in [4.69, 9.17) is 14.2 Å². The van der Waals surface area contributed by atoms with Gasteiger partial charge in [0, 0.05) is 29.8 Å². The first kappa shape index (κ1) is 24.0. The molecule has 1 fully saturated rings. The Hall–Kier alpha value is -3.69. The number of ketones is 1. The van der Waals surface area contributed by atoms with Crippen molar-refractivity contribution in [2.45, 2.75) is 51.2 Å². The van der Waals surface area contributed by atoms with Crippen molar-refractivity contribution in [3.8, 4) is 34.6 Å². The van der Waals surface area contributed by atoms with Crippen molar-refractivity contribution in [2.75, 3.05) is 13.2 Å². The van der Waals surface area contributed by atoms with Gasteiger partial charge in [0.25, 0.3) is 0 Å². The van der Waals surface area contributed by atoms with E-state index in [1.165, 1.54) is 6.07 Å². The fourth-order valence-electron chi connectivity index (χ4n) is 4.78. The molecule has 1 aliphatic carbocycles. The number of hydrogen-bond donors (Lipinski definition) is 0. The lowest BCUT2D eigenvalue weighted by molar-refractivity contribution is -0.117. The summed E-state index contributed by atoms with van der Waals surface area (Å²) in [5, 5.41) is 0. The Kier molecular flexibility index (Phi) is 7.02. The number of halogens is 1. The van der Waals surface area contributed by atoms with Crippen molar-refractivity contribution < 1.29 is 23.4 Å². The highest BCUT2D eigenvalue weighted by molar-refractivity contribution is 5.77. The average Bonchev–Trinajstić information content (AvgIpc) is 3.27. The SMILES string of the molecule is CC#C[C@@H](CC(C)=O)c1ccc(O[C@@H]2CCc3c(-c4ccc(OC5COC5)nc4)ccc(F)c32)cc1. The molecule has 184 valence electrons. The van der Waals surface area contributed by atoms with Crippen LogP contribution in [0.15, 0.2) is 54.7 Å². The second-order valence-electron chi connectivity index (χ2n) is 9.22. The number of fused-ring (bicyclic) bond motifs is 1. The maximum absolute atomic E-state index is 15.0. The Bertz CT molecular complexity index is 1300. The second-order valence-corrected chi connectivity index (χ2v) is 9.22. The highest BCUT2D eigenvalue weighted by atomic mass is 19.1. The normalized spacial score (nSPS) is 17.4. The number of hydrogen-bond acceptors (Lipinski definition) is 5. The Morgan fingerprint density at radius 1 is 1.14 bits per heavy atom. The Labute approximate surface area is 210 Å². The molecular weight excluding hydrogens is 457 g/mol. The van der Waals surface area contributed by atoms with Crippen LogP contribution in [-0.4, -0.2) is 30.1 Å². The molecule has 0 radical (unpaired) electrons. The van der Waals surface area contributed by atoms with E-state index < -0.39 is 0 Å². The Morgan fingerprint density at radius 2 is 1.94 bits per heavy atom. The number of aromatic nitrogens is 1. The summed E-state index contributed by atoms with van der Waals surface area (Å²) in [7, 11) is 0. The molecule has 6 heteroatoms. The number of benzene rings is 2. The molecule has 0 amide bonds. The van der Waals surface area contributed by atoms with Crippen molar-refractivity contribution in [3.63, 3.8) is 0 Å². The van der Waals surface area contributed by atoms with Gasteiger partial charge in [0.15, 0.2) is 0 Å². The van der Waals surface area contributed by atoms with Crippen LogP contribution in [0, 0.1) is 17.7 Å². The highest BCUT2D eigenvalue weighted by Crippen LogP contribution is 2.42. The zero-order valence-electron chi connectivity index (χ0n) is 20.4. The van der Waals surface area contributed by atoms with Crippen LogP contribution in [-0.2, 0) is 16.0 Å². The van der Waals surface area contributed by atoms with Crippen LogP contribution < -0.4 is 9.47 Å². The molecule has 1 aromatic heterocycles. The lowest BCUT2D eigenvalue weighted by Gasteiger charge is -2.26. The number of ether oxygens (including phenoxy) is 3. The molecule has 2 aliphatic rings. The number of pyridine rings is 1. The number of nitrogens with zero attached hydrogens (tertiary/aromatic N) is 1. The molecular formula is C30H28FNO4. The van der Waals surface area contributed by atoms with E-state index in [0.717, 1.165) is 28.7 Å². The van der Waals surface area contributed by atoms with Gasteiger partial charge < -0.3 is 14.2 Å². The van der Waals surface area contributed by atoms with Gasteiger partial charge in [-0.3, -0.25) is 4.79 Å². The lowest BCUT2D eigenvalue weighted by atomic mass is 9.94. The molecule has 36 heavy (non-hydrogen) atoms. The quantitative estimate of drug-likeness (QED) is 0.377. The molecule has 0 saturated carbocycles. The molecule has 5 nitrogen and oxygen atoms in total. The summed E-state index contributed by atoms with van der Waals surface area (Å²) in [5.74, 6) is 6.94. The van der Waals surface area contributed by atoms with Crippen LogP contribution in [0.25, 0.3) is 11.1 Å². The van der Waals surface area contributed by atoms with Crippen molar-refractivity contribution in [1.29, 1.82) is 0 Å². The predicted octanol–water partition coefficient (Wildman–Crippen LogP) is 5.82. The standard InChI is InChI=1S/C30H28FNO4/c1-3-4-21(15-19(2)33)20-5-8-23(9-6-20)35-28-13-11-26-25(10-12-27(31)30(26)28)22-7-14-29(32-16-22)36-24-17-34-18-24/h5-10,12,14,16,21,24,28H,11,13,15,17-18H2,1-2H3/t21-,28+/m0/s1. The summed E-state index contributed by atoms with van der Waals surface area (Å²) in [6.07, 6.45) is 3.24. The van der Waals surface area contributed by atoms with Crippen LogP contribution in [0.5, 0.6) is 11.6 Å². The minimum Gasteiger partial charge on any atom is -0.486 e. The lowest BCUT2D eigenvalue weighted by Crippen LogP contribution is -2.38. The molecule has 1 saturated heterocycles. The van der Waals surface area contributed by atoms with Crippen molar-refractivity contribution in [1.82, 2.24) is 4.98 Å². The highest BCUT2D eigenvalue weighted by Gasteiger charge is 2.30. The largest absolute Gasteiger partial charge is 0.486 e. The summed E-state index contributed by atoms with van der Waals surface area (Å²) in [5.41, 5.74) is 4.41. The van der Waals surface area contributed by atoms with Gasteiger partial charge in [-0.2, -0.15) is 0 Å². The van der Waals surface area contributed by atoms with Crippen molar-refractivity contribution in [3.05, 3.63) is 77.2 Å². The molecule has 2 atom stereocenters. The first-order chi connectivity index (χ1) is 17.5. The van der Waals surface area contributed by atoms with Crippen LogP contribution in [0.4, 0.5) is 4.39 Å². The monoisotopic (exact) mass is 485 g/mol. The number of rotatable bonds is 8. The van der Waals surface area contributed by atoms with Gasteiger partial charge in [-0.25, -0.2) is 9.37 Å². The molecule has 0 bridgehead atoms. The fraction of sp³-hybridized carbons (Fsp3) is 0.333. The molecule has 0 N–H and O–H groups in total. The van der Waals surface area contributed by atoms with Gasteiger partial charge in [-0.1, -0.05) is 24.1 Å². The van der Waals surface area contributed by atoms with Gasteiger partial charge in [0.2, 0.25) is 5.88 Å². The van der Waals surface area contributed by atoms with E-state index in [-0.39, 0.29) is 29.7 Å². The minimum absolute atomic E-state index is 0.0602. The smallest absolute Gasteiger partial charge is 0.213 e. The molecule has 0 spiro atoms. The van der Waals surface area contributed by atoms with E-state index in [0.29, 0.717) is 43.2 Å².